The molecule has 0 spiro atoms. The van der Waals surface area contributed by atoms with E-state index in [1.165, 1.54) is 11.1 Å². The van der Waals surface area contributed by atoms with Crippen LogP contribution in [-0.2, 0) is 4.74 Å². The van der Waals surface area contributed by atoms with Crippen molar-refractivity contribution in [2.75, 3.05) is 13.1 Å². The highest BCUT2D eigenvalue weighted by molar-refractivity contribution is 6.00. The lowest BCUT2D eigenvalue weighted by atomic mass is 10.0. The third-order valence-electron chi connectivity index (χ3n) is 5.14. The fourth-order valence-electron chi connectivity index (χ4n) is 3.68. The number of morpholine rings is 1. The second-order valence-electron chi connectivity index (χ2n) is 7.39. The smallest absolute Gasteiger partial charge is 0.259 e. The monoisotopic (exact) mass is 364 g/mol. The van der Waals surface area contributed by atoms with Gasteiger partial charge in [0.1, 0.15) is 5.56 Å². The van der Waals surface area contributed by atoms with E-state index in [9.17, 15) is 4.79 Å². The predicted molar refractivity (Wildman–Crippen MR) is 104 cm³/mol. The molecule has 1 amide bonds. The third kappa shape index (κ3) is 3.21. The van der Waals surface area contributed by atoms with Crippen LogP contribution >= 0.6 is 0 Å². The summed E-state index contributed by atoms with van der Waals surface area (Å²) in [6, 6.07) is 8.24. The molecule has 1 saturated heterocycles. The van der Waals surface area contributed by atoms with Gasteiger partial charge in [-0.05, 0) is 51.0 Å². The standard InChI is InChI=1S/C21H24N4O2/c1-13-5-6-17(9-14(13)2)19-7-8-22-20-18(10-23-25(19)20)21(26)24-11-15(3)27-16(4)12-24/h5-10,15-16H,11-12H2,1-4H3/t15-,16-/m0/s1. The molecule has 1 aliphatic rings. The van der Waals surface area contributed by atoms with Crippen molar-refractivity contribution in [2.24, 2.45) is 0 Å². The van der Waals surface area contributed by atoms with Gasteiger partial charge in [0, 0.05) is 24.8 Å². The first kappa shape index (κ1) is 17.7. The van der Waals surface area contributed by atoms with Crippen molar-refractivity contribution in [1.82, 2.24) is 19.5 Å². The van der Waals surface area contributed by atoms with E-state index in [2.05, 4.69) is 42.1 Å². The van der Waals surface area contributed by atoms with Gasteiger partial charge in [0.15, 0.2) is 5.65 Å². The van der Waals surface area contributed by atoms with E-state index in [0.29, 0.717) is 24.3 Å². The van der Waals surface area contributed by atoms with Gasteiger partial charge in [0.25, 0.3) is 5.91 Å². The minimum absolute atomic E-state index is 0.0265. The second kappa shape index (κ2) is 6.78. The molecule has 3 heterocycles. The Labute approximate surface area is 158 Å². The molecule has 27 heavy (non-hydrogen) atoms. The van der Waals surface area contributed by atoms with E-state index in [1.54, 1.807) is 16.9 Å². The van der Waals surface area contributed by atoms with E-state index in [0.717, 1.165) is 11.3 Å². The number of ether oxygens (including phenoxy) is 1. The molecule has 1 aliphatic heterocycles. The molecule has 2 aromatic heterocycles. The maximum Gasteiger partial charge on any atom is 0.259 e. The van der Waals surface area contributed by atoms with E-state index in [-0.39, 0.29) is 18.1 Å². The highest BCUT2D eigenvalue weighted by Crippen LogP contribution is 2.24. The number of aromatic nitrogens is 3. The Balaban J connectivity index is 1.74. The first-order chi connectivity index (χ1) is 12.9. The van der Waals surface area contributed by atoms with Crippen LogP contribution in [0.1, 0.15) is 35.3 Å². The van der Waals surface area contributed by atoms with Gasteiger partial charge in [-0.3, -0.25) is 4.79 Å². The molecular weight excluding hydrogens is 340 g/mol. The zero-order valence-electron chi connectivity index (χ0n) is 16.1. The van der Waals surface area contributed by atoms with Crippen LogP contribution in [0.4, 0.5) is 0 Å². The quantitative estimate of drug-likeness (QED) is 0.700. The molecule has 2 atom stereocenters. The normalized spacial score (nSPS) is 20.2. The summed E-state index contributed by atoms with van der Waals surface area (Å²) in [6.45, 7) is 9.32. The molecule has 0 N–H and O–H groups in total. The van der Waals surface area contributed by atoms with Crippen LogP contribution < -0.4 is 0 Å². The van der Waals surface area contributed by atoms with Crippen LogP contribution in [0.3, 0.4) is 0 Å². The van der Waals surface area contributed by atoms with Gasteiger partial charge in [-0.15, -0.1) is 0 Å². The number of nitrogens with zero attached hydrogens (tertiary/aromatic N) is 4. The van der Waals surface area contributed by atoms with Gasteiger partial charge in [-0.1, -0.05) is 12.1 Å². The van der Waals surface area contributed by atoms with Crippen molar-refractivity contribution in [3.8, 4) is 11.3 Å². The predicted octanol–water partition coefficient (Wildman–Crippen LogP) is 3.26. The number of rotatable bonds is 2. The molecule has 140 valence electrons. The zero-order chi connectivity index (χ0) is 19.1. The molecule has 3 aromatic rings. The average molecular weight is 364 g/mol. The first-order valence-electron chi connectivity index (χ1n) is 9.29. The topological polar surface area (TPSA) is 59.7 Å². The van der Waals surface area contributed by atoms with Crippen molar-refractivity contribution < 1.29 is 9.53 Å². The lowest BCUT2D eigenvalue weighted by Gasteiger charge is -2.35. The van der Waals surface area contributed by atoms with E-state index in [1.807, 2.05) is 24.8 Å². The van der Waals surface area contributed by atoms with Gasteiger partial charge >= 0.3 is 0 Å². The maximum atomic E-state index is 13.1. The van der Waals surface area contributed by atoms with Crippen molar-refractivity contribution in [2.45, 2.75) is 39.9 Å². The summed E-state index contributed by atoms with van der Waals surface area (Å²) in [5, 5.41) is 4.48. The molecule has 0 radical (unpaired) electrons. The summed E-state index contributed by atoms with van der Waals surface area (Å²) < 4.78 is 7.49. The summed E-state index contributed by atoms with van der Waals surface area (Å²) in [4.78, 5) is 19.4. The zero-order valence-corrected chi connectivity index (χ0v) is 16.1. The molecule has 0 aliphatic carbocycles. The van der Waals surface area contributed by atoms with Crippen LogP contribution in [0.15, 0.2) is 36.7 Å². The first-order valence-corrected chi connectivity index (χ1v) is 9.29. The molecule has 4 rings (SSSR count). The van der Waals surface area contributed by atoms with Gasteiger partial charge in [-0.25, -0.2) is 9.50 Å². The minimum Gasteiger partial charge on any atom is -0.372 e. The Hall–Kier alpha value is -2.73. The Morgan fingerprint density at radius 3 is 2.56 bits per heavy atom. The molecule has 0 bridgehead atoms. The number of fused-ring (bicyclic) bond motifs is 1. The Morgan fingerprint density at radius 1 is 1.11 bits per heavy atom. The van der Waals surface area contributed by atoms with Crippen molar-refractivity contribution >= 4 is 11.6 Å². The van der Waals surface area contributed by atoms with Gasteiger partial charge in [0.05, 0.1) is 24.1 Å². The highest BCUT2D eigenvalue weighted by atomic mass is 16.5. The SMILES string of the molecule is Cc1ccc(-c2ccnc3c(C(=O)N4C[C@H](C)O[C@@H](C)C4)cnn23)cc1C. The summed E-state index contributed by atoms with van der Waals surface area (Å²) >= 11 is 0. The van der Waals surface area contributed by atoms with Crippen LogP contribution in [-0.4, -0.2) is 50.7 Å². The van der Waals surface area contributed by atoms with Gasteiger partial charge in [-0.2, -0.15) is 5.10 Å². The molecule has 6 heteroatoms. The van der Waals surface area contributed by atoms with E-state index < -0.39 is 0 Å². The summed E-state index contributed by atoms with van der Waals surface area (Å²) in [6.07, 6.45) is 3.42. The summed E-state index contributed by atoms with van der Waals surface area (Å²) in [5.74, 6) is -0.0447. The Morgan fingerprint density at radius 2 is 1.85 bits per heavy atom. The fraction of sp³-hybridized carbons (Fsp3) is 0.381. The average Bonchev–Trinajstić information content (AvgIpc) is 3.06. The molecule has 1 aromatic carbocycles. The number of carbonyl (C=O) groups excluding carboxylic acids is 1. The fourth-order valence-corrected chi connectivity index (χ4v) is 3.68. The molecule has 0 unspecified atom stereocenters. The maximum absolute atomic E-state index is 13.1. The van der Waals surface area contributed by atoms with Gasteiger partial charge < -0.3 is 9.64 Å². The largest absolute Gasteiger partial charge is 0.372 e. The Bertz CT molecular complexity index is 1000. The van der Waals surface area contributed by atoms with Crippen LogP contribution in [0, 0.1) is 13.8 Å². The molecule has 0 saturated carbocycles. The number of benzene rings is 1. The van der Waals surface area contributed by atoms with Crippen LogP contribution in [0.25, 0.3) is 16.9 Å². The van der Waals surface area contributed by atoms with Crippen LogP contribution in [0.5, 0.6) is 0 Å². The number of aryl methyl sites for hydroxylation is 2. The number of amides is 1. The number of carbonyl (C=O) groups is 1. The van der Waals surface area contributed by atoms with Gasteiger partial charge in [0.2, 0.25) is 0 Å². The van der Waals surface area contributed by atoms with Crippen LogP contribution in [0.2, 0.25) is 0 Å². The summed E-state index contributed by atoms with van der Waals surface area (Å²) in [7, 11) is 0. The molecule has 1 fully saturated rings. The van der Waals surface area contributed by atoms with Crippen molar-refractivity contribution in [1.29, 1.82) is 0 Å². The van der Waals surface area contributed by atoms with Crippen molar-refractivity contribution in [3.63, 3.8) is 0 Å². The van der Waals surface area contributed by atoms with Crippen molar-refractivity contribution in [3.05, 3.63) is 53.3 Å². The lowest BCUT2D eigenvalue weighted by molar-refractivity contribution is -0.0585. The molecular formula is C21H24N4O2. The second-order valence-corrected chi connectivity index (χ2v) is 7.39. The summed E-state index contributed by atoms with van der Waals surface area (Å²) in [5.41, 5.74) is 5.56. The number of hydrogen-bond donors (Lipinski definition) is 0. The van der Waals surface area contributed by atoms with E-state index in [4.69, 9.17) is 4.74 Å². The Kier molecular flexibility index (Phi) is 4.44. The molecule has 6 nitrogen and oxygen atoms in total. The van der Waals surface area contributed by atoms with E-state index >= 15 is 0 Å². The highest BCUT2D eigenvalue weighted by Gasteiger charge is 2.28. The third-order valence-corrected chi connectivity index (χ3v) is 5.14. The lowest BCUT2D eigenvalue weighted by Crippen LogP contribution is -2.48. The minimum atomic E-state index is -0.0447. The number of hydrogen-bond acceptors (Lipinski definition) is 4.